The number of rotatable bonds is 6. The summed E-state index contributed by atoms with van der Waals surface area (Å²) in [6, 6.07) is 14.2. The van der Waals surface area contributed by atoms with Crippen LogP contribution < -0.4 is 10.5 Å². The molecule has 0 aliphatic rings. The molecule has 6 nitrogen and oxygen atoms in total. The fourth-order valence-corrected chi connectivity index (χ4v) is 2.24. The maximum atomic E-state index is 11.0. The number of aromatic nitrogens is 2. The summed E-state index contributed by atoms with van der Waals surface area (Å²) in [5.41, 5.74) is 6.75. The first-order chi connectivity index (χ1) is 11.6. The van der Waals surface area contributed by atoms with Gasteiger partial charge < -0.3 is 14.9 Å². The van der Waals surface area contributed by atoms with Gasteiger partial charge >= 0.3 is 0 Å². The summed E-state index contributed by atoms with van der Waals surface area (Å²) in [5, 5.41) is 8.57. The molecule has 0 unspecified atom stereocenters. The summed E-state index contributed by atoms with van der Waals surface area (Å²) in [7, 11) is 0. The molecule has 0 radical (unpaired) electrons. The van der Waals surface area contributed by atoms with Crippen molar-refractivity contribution in [2.75, 3.05) is 0 Å². The van der Waals surface area contributed by atoms with Crippen LogP contribution in [-0.2, 0) is 17.8 Å². The number of carbonyl (C=O) groups is 1. The number of carbonyl (C=O) groups excluding carboxylic acids is 1. The third kappa shape index (κ3) is 4.11. The number of benzene rings is 2. The molecule has 7 heteroatoms. The molecule has 1 amide bonds. The monoisotopic (exact) mass is 343 g/mol. The normalized spacial score (nSPS) is 10.5. The van der Waals surface area contributed by atoms with E-state index in [1.165, 1.54) is 0 Å². The van der Waals surface area contributed by atoms with Gasteiger partial charge in [0, 0.05) is 10.6 Å². The summed E-state index contributed by atoms with van der Waals surface area (Å²) in [4.78, 5) is 11.0. The Bertz CT molecular complexity index is 846. The molecule has 0 aliphatic carbocycles. The zero-order valence-electron chi connectivity index (χ0n) is 12.6. The Kier molecular flexibility index (Phi) is 4.77. The molecule has 122 valence electrons. The minimum atomic E-state index is -0.392. The maximum Gasteiger partial charge on any atom is 0.254 e. The SMILES string of the molecule is NC(=O)Cc1cccc(OCc2nnc(-c3ccc(Cl)cc3)o2)c1. The van der Waals surface area contributed by atoms with Crippen molar-refractivity contribution in [2.24, 2.45) is 5.73 Å². The van der Waals surface area contributed by atoms with Crippen LogP contribution in [0.4, 0.5) is 0 Å². The van der Waals surface area contributed by atoms with Crippen molar-refractivity contribution in [1.82, 2.24) is 10.2 Å². The van der Waals surface area contributed by atoms with E-state index in [0.29, 0.717) is 22.6 Å². The number of halogens is 1. The van der Waals surface area contributed by atoms with Gasteiger partial charge in [-0.1, -0.05) is 23.7 Å². The number of ether oxygens (including phenoxy) is 1. The van der Waals surface area contributed by atoms with E-state index in [2.05, 4.69) is 10.2 Å². The van der Waals surface area contributed by atoms with E-state index in [-0.39, 0.29) is 13.0 Å². The molecule has 0 fully saturated rings. The molecule has 3 rings (SSSR count). The molecule has 1 heterocycles. The lowest BCUT2D eigenvalue weighted by molar-refractivity contribution is -0.117. The first kappa shape index (κ1) is 16.0. The van der Waals surface area contributed by atoms with Gasteiger partial charge in [0.15, 0.2) is 6.61 Å². The van der Waals surface area contributed by atoms with Crippen LogP contribution in [0.5, 0.6) is 5.75 Å². The Morgan fingerprint density at radius 1 is 1.17 bits per heavy atom. The molecule has 2 aromatic carbocycles. The van der Waals surface area contributed by atoms with Crippen LogP contribution in [-0.4, -0.2) is 16.1 Å². The van der Waals surface area contributed by atoms with Crippen LogP contribution in [0, 0.1) is 0 Å². The maximum absolute atomic E-state index is 11.0. The topological polar surface area (TPSA) is 91.2 Å². The molecule has 0 saturated heterocycles. The van der Waals surface area contributed by atoms with Gasteiger partial charge in [-0.2, -0.15) is 0 Å². The molecule has 0 saturated carbocycles. The highest BCUT2D eigenvalue weighted by Gasteiger charge is 2.09. The van der Waals surface area contributed by atoms with Crippen LogP contribution in [0.25, 0.3) is 11.5 Å². The van der Waals surface area contributed by atoms with E-state index in [1.54, 1.807) is 42.5 Å². The fourth-order valence-electron chi connectivity index (χ4n) is 2.11. The van der Waals surface area contributed by atoms with Gasteiger partial charge in [-0.25, -0.2) is 0 Å². The van der Waals surface area contributed by atoms with Gasteiger partial charge in [-0.05, 0) is 42.0 Å². The Hall–Kier alpha value is -2.86. The van der Waals surface area contributed by atoms with Crippen molar-refractivity contribution in [1.29, 1.82) is 0 Å². The summed E-state index contributed by atoms with van der Waals surface area (Å²) in [6.45, 7) is 0.126. The zero-order valence-corrected chi connectivity index (χ0v) is 13.4. The largest absolute Gasteiger partial charge is 0.484 e. The quantitative estimate of drug-likeness (QED) is 0.742. The summed E-state index contributed by atoms with van der Waals surface area (Å²) in [5.74, 6) is 0.949. The van der Waals surface area contributed by atoms with Crippen molar-refractivity contribution < 1.29 is 13.9 Å². The third-order valence-corrected chi connectivity index (χ3v) is 3.45. The van der Waals surface area contributed by atoms with Crippen LogP contribution >= 0.6 is 11.6 Å². The lowest BCUT2D eigenvalue weighted by atomic mass is 10.1. The van der Waals surface area contributed by atoms with Crippen molar-refractivity contribution in [3.05, 3.63) is 65.0 Å². The predicted molar refractivity (Wildman–Crippen MR) is 88.4 cm³/mol. The average molecular weight is 344 g/mol. The van der Waals surface area contributed by atoms with Gasteiger partial charge in [0.2, 0.25) is 11.8 Å². The molecular formula is C17H14ClN3O3. The number of nitrogens with zero attached hydrogens (tertiary/aromatic N) is 2. The van der Waals surface area contributed by atoms with E-state index >= 15 is 0 Å². The third-order valence-electron chi connectivity index (χ3n) is 3.20. The smallest absolute Gasteiger partial charge is 0.254 e. The molecular weight excluding hydrogens is 330 g/mol. The number of primary amides is 1. The summed E-state index contributed by atoms with van der Waals surface area (Å²) >= 11 is 5.85. The molecule has 2 N–H and O–H groups in total. The highest BCUT2D eigenvalue weighted by molar-refractivity contribution is 6.30. The zero-order chi connectivity index (χ0) is 16.9. The summed E-state index contributed by atoms with van der Waals surface area (Å²) < 4.78 is 11.2. The van der Waals surface area contributed by atoms with Crippen molar-refractivity contribution >= 4 is 17.5 Å². The fraction of sp³-hybridized carbons (Fsp3) is 0.118. The van der Waals surface area contributed by atoms with Gasteiger partial charge in [0.05, 0.1) is 6.42 Å². The second-order valence-electron chi connectivity index (χ2n) is 5.09. The molecule has 3 aromatic rings. The van der Waals surface area contributed by atoms with Crippen LogP contribution in [0.2, 0.25) is 5.02 Å². The summed E-state index contributed by atoms with van der Waals surface area (Å²) in [6.07, 6.45) is 0.165. The molecule has 24 heavy (non-hydrogen) atoms. The van der Waals surface area contributed by atoms with Crippen molar-refractivity contribution in [3.8, 4) is 17.2 Å². The Balaban J connectivity index is 1.65. The molecule has 0 spiro atoms. The second kappa shape index (κ2) is 7.14. The molecule has 0 aliphatic heterocycles. The van der Waals surface area contributed by atoms with E-state index in [0.717, 1.165) is 11.1 Å². The highest BCUT2D eigenvalue weighted by atomic mass is 35.5. The number of amides is 1. The minimum Gasteiger partial charge on any atom is -0.484 e. The van der Waals surface area contributed by atoms with Gasteiger partial charge in [-0.15, -0.1) is 10.2 Å². The predicted octanol–water partition coefficient (Wildman–Crippen LogP) is 3.00. The Morgan fingerprint density at radius 2 is 1.96 bits per heavy atom. The van der Waals surface area contributed by atoms with Crippen LogP contribution in [0.3, 0.4) is 0 Å². The van der Waals surface area contributed by atoms with Gasteiger partial charge in [0.1, 0.15) is 5.75 Å². The standard InChI is InChI=1S/C17H14ClN3O3/c18-13-6-4-12(5-7-13)17-21-20-16(24-17)10-23-14-3-1-2-11(8-14)9-15(19)22/h1-8H,9-10H2,(H2,19,22). The minimum absolute atomic E-state index is 0.126. The number of hydrogen-bond donors (Lipinski definition) is 1. The number of nitrogens with two attached hydrogens (primary N) is 1. The lowest BCUT2D eigenvalue weighted by Gasteiger charge is -2.05. The molecule has 0 atom stereocenters. The van der Waals surface area contributed by atoms with E-state index in [1.807, 2.05) is 6.07 Å². The van der Waals surface area contributed by atoms with Crippen LogP contribution in [0.15, 0.2) is 52.9 Å². The highest BCUT2D eigenvalue weighted by Crippen LogP contribution is 2.21. The first-order valence-corrected chi connectivity index (χ1v) is 7.56. The van der Waals surface area contributed by atoms with E-state index in [9.17, 15) is 4.79 Å². The van der Waals surface area contributed by atoms with E-state index < -0.39 is 5.91 Å². The van der Waals surface area contributed by atoms with Gasteiger partial charge in [-0.3, -0.25) is 4.79 Å². The Morgan fingerprint density at radius 3 is 2.71 bits per heavy atom. The second-order valence-corrected chi connectivity index (χ2v) is 5.52. The van der Waals surface area contributed by atoms with E-state index in [4.69, 9.17) is 26.5 Å². The average Bonchev–Trinajstić information content (AvgIpc) is 3.02. The van der Waals surface area contributed by atoms with Crippen molar-refractivity contribution in [3.63, 3.8) is 0 Å². The Labute approximate surface area is 143 Å². The molecule has 0 bridgehead atoms. The molecule has 1 aromatic heterocycles. The van der Waals surface area contributed by atoms with Gasteiger partial charge in [0.25, 0.3) is 5.89 Å². The lowest BCUT2D eigenvalue weighted by Crippen LogP contribution is -2.13. The van der Waals surface area contributed by atoms with Crippen LogP contribution in [0.1, 0.15) is 11.5 Å². The van der Waals surface area contributed by atoms with Crippen molar-refractivity contribution in [2.45, 2.75) is 13.0 Å². The first-order valence-electron chi connectivity index (χ1n) is 7.18. The number of hydrogen-bond acceptors (Lipinski definition) is 5.